The third-order valence-corrected chi connectivity index (χ3v) is 4.01. The van der Waals surface area contributed by atoms with Crippen molar-refractivity contribution >= 4 is 21.8 Å². The molecule has 1 aliphatic rings. The highest BCUT2D eigenvalue weighted by Crippen LogP contribution is 2.30. The quantitative estimate of drug-likeness (QED) is 0.835. The van der Waals surface area contributed by atoms with E-state index in [1.165, 1.54) is 0 Å². The van der Waals surface area contributed by atoms with Crippen LogP contribution in [0.3, 0.4) is 0 Å². The molecule has 0 bridgehead atoms. The van der Waals surface area contributed by atoms with Gasteiger partial charge in [-0.15, -0.1) is 0 Å². The molecular formula is C15H17BrN2O2. The van der Waals surface area contributed by atoms with Gasteiger partial charge in [-0.2, -0.15) is 0 Å². The van der Waals surface area contributed by atoms with Crippen LogP contribution in [0.4, 0.5) is 0 Å². The van der Waals surface area contributed by atoms with Gasteiger partial charge in [-0.3, -0.25) is 4.79 Å². The molecule has 0 N–H and O–H groups in total. The van der Waals surface area contributed by atoms with Gasteiger partial charge in [0.1, 0.15) is 11.5 Å². The van der Waals surface area contributed by atoms with Crippen LogP contribution >= 0.6 is 15.9 Å². The molecule has 3 rings (SSSR count). The number of hydrogen-bond acceptors (Lipinski definition) is 2. The fourth-order valence-corrected chi connectivity index (χ4v) is 2.85. The molecule has 1 saturated carbocycles. The number of amides is 1. The van der Waals surface area contributed by atoms with Crippen molar-refractivity contribution in [2.24, 2.45) is 0 Å². The zero-order valence-corrected chi connectivity index (χ0v) is 13.0. The molecule has 0 saturated heterocycles. The Kier molecular flexibility index (Phi) is 3.70. The summed E-state index contributed by atoms with van der Waals surface area (Å²) in [5.74, 6) is 0.912. The Bertz CT molecular complexity index is 599. The van der Waals surface area contributed by atoms with Crippen molar-refractivity contribution in [1.82, 2.24) is 9.47 Å². The fourth-order valence-electron chi connectivity index (χ4n) is 2.39. The SMILES string of the molecule is CCn1cc(Br)cc1C(=O)N(Cc1ccco1)C1CC1. The van der Waals surface area contributed by atoms with Gasteiger partial charge in [0.2, 0.25) is 0 Å². The highest BCUT2D eigenvalue weighted by molar-refractivity contribution is 9.10. The topological polar surface area (TPSA) is 38.4 Å². The molecule has 1 amide bonds. The lowest BCUT2D eigenvalue weighted by molar-refractivity contribution is 0.0706. The Morgan fingerprint density at radius 2 is 2.35 bits per heavy atom. The van der Waals surface area contributed by atoms with E-state index < -0.39 is 0 Å². The minimum absolute atomic E-state index is 0.0800. The lowest BCUT2D eigenvalue weighted by Crippen LogP contribution is -2.33. The lowest BCUT2D eigenvalue weighted by atomic mass is 10.3. The number of aromatic nitrogens is 1. The number of hydrogen-bond donors (Lipinski definition) is 0. The highest BCUT2D eigenvalue weighted by Gasteiger charge is 2.34. The number of carbonyl (C=O) groups is 1. The normalized spacial score (nSPS) is 14.5. The van der Waals surface area contributed by atoms with E-state index in [0.29, 0.717) is 12.6 Å². The van der Waals surface area contributed by atoms with E-state index in [1.54, 1.807) is 6.26 Å². The predicted molar refractivity (Wildman–Crippen MR) is 79.4 cm³/mol. The molecule has 1 aliphatic carbocycles. The molecule has 2 aromatic rings. The van der Waals surface area contributed by atoms with Gasteiger partial charge in [-0.1, -0.05) is 0 Å². The monoisotopic (exact) mass is 336 g/mol. The van der Waals surface area contributed by atoms with Gasteiger partial charge in [0.15, 0.2) is 0 Å². The van der Waals surface area contributed by atoms with Crippen LogP contribution in [-0.4, -0.2) is 21.4 Å². The summed E-state index contributed by atoms with van der Waals surface area (Å²) in [6, 6.07) is 6.02. The molecule has 2 aromatic heterocycles. The Morgan fingerprint density at radius 1 is 1.55 bits per heavy atom. The second-order valence-corrected chi connectivity index (χ2v) is 5.99. The molecule has 0 unspecified atom stereocenters. The minimum atomic E-state index is 0.0800. The molecule has 4 nitrogen and oxygen atoms in total. The zero-order chi connectivity index (χ0) is 14.1. The summed E-state index contributed by atoms with van der Waals surface area (Å²) in [7, 11) is 0. The van der Waals surface area contributed by atoms with E-state index in [-0.39, 0.29) is 5.91 Å². The van der Waals surface area contributed by atoms with Crippen LogP contribution in [-0.2, 0) is 13.1 Å². The third kappa shape index (κ3) is 2.68. The largest absolute Gasteiger partial charge is 0.467 e. The first-order valence-corrected chi connectivity index (χ1v) is 7.67. The smallest absolute Gasteiger partial charge is 0.271 e. The molecule has 20 heavy (non-hydrogen) atoms. The maximum Gasteiger partial charge on any atom is 0.271 e. The summed E-state index contributed by atoms with van der Waals surface area (Å²) in [5.41, 5.74) is 0.734. The van der Waals surface area contributed by atoms with Crippen LogP contribution in [0.2, 0.25) is 0 Å². The number of carbonyl (C=O) groups excluding carboxylic acids is 1. The van der Waals surface area contributed by atoms with E-state index in [1.807, 2.05) is 40.8 Å². The average Bonchev–Trinajstić information content (AvgIpc) is 3.01. The van der Waals surface area contributed by atoms with Gasteiger partial charge < -0.3 is 13.9 Å². The van der Waals surface area contributed by atoms with Gasteiger partial charge >= 0.3 is 0 Å². The third-order valence-electron chi connectivity index (χ3n) is 3.58. The van der Waals surface area contributed by atoms with Crippen molar-refractivity contribution in [3.8, 4) is 0 Å². The van der Waals surface area contributed by atoms with Crippen molar-refractivity contribution in [2.75, 3.05) is 0 Å². The number of halogens is 1. The van der Waals surface area contributed by atoms with Crippen molar-refractivity contribution in [3.63, 3.8) is 0 Å². The number of rotatable bonds is 5. The molecule has 0 atom stereocenters. The summed E-state index contributed by atoms with van der Waals surface area (Å²) in [6.45, 7) is 3.37. The van der Waals surface area contributed by atoms with Gasteiger partial charge in [0, 0.05) is 23.3 Å². The molecule has 1 fully saturated rings. The van der Waals surface area contributed by atoms with Crippen molar-refractivity contribution in [3.05, 3.63) is 46.6 Å². The van der Waals surface area contributed by atoms with E-state index >= 15 is 0 Å². The van der Waals surface area contributed by atoms with E-state index in [9.17, 15) is 4.79 Å². The summed E-state index contributed by atoms with van der Waals surface area (Å²) in [6.07, 6.45) is 5.77. The van der Waals surface area contributed by atoms with Crippen molar-refractivity contribution in [1.29, 1.82) is 0 Å². The first-order chi connectivity index (χ1) is 9.69. The first kappa shape index (κ1) is 13.5. The molecule has 106 valence electrons. The Morgan fingerprint density at radius 3 is 2.95 bits per heavy atom. The van der Waals surface area contributed by atoms with E-state index in [4.69, 9.17) is 4.42 Å². The molecule has 0 radical (unpaired) electrons. The van der Waals surface area contributed by atoms with Crippen LogP contribution < -0.4 is 0 Å². The van der Waals surface area contributed by atoms with Gasteiger partial charge in [0.25, 0.3) is 5.91 Å². The molecule has 0 aromatic carbocycles. The summed E-state index contributed by atoms with van der Waals surface area (Å²) < 4.78 is 8.30. The second kappa shape index (κ2) is 5.48. The van der Waals surface area contributed by atoms with Crippen molar-refractivity contribution < 1.29 is 9.21 Å². The average molecular weight is 337 g/mol. The number of furan rings is 1. The molecule has 5 heteroatoms. The van der Waals surface area contributed by atoms with Gasteiger partial charge in [0.05, 0.1) is 12.8 Å². The fraction of sp³-hybridized carbons (Fsp3) is 0.400. The van der Waals surface area contributed by atoms with Crippen LogP contribution in [0.1, 0.15) is 36.0 Å². The van der Waals surface area contributed by atoms with Crippen LogP contribution in [0, 0.1) is 0 Å². The van der Waals surface area contributed by atoms with Gasteiger partial charge in [-0.05, 0) is 53.9 Å². The maximum absolute atomic E-state index is 12.8. The second-order valence-electron chi connectivity index (χ2n) is 5.07. The first-order valence-electron chi connectivity index (χ1n) is 6.88. The molecular weight excluding hydrogens is 320 g/mol. The van der Waals surface area contributed by atoms with Crippen LogP contribution in [0.15, 0.2) is 39.5 Å². The molecule has 0 aliphatic heterocycles. The standard InChI is InChI=1S/C15H17BrN2O2/c1-2-17-9-11(16)8-14(17)15(19)18(12-5-6-12)10-13-4-3-7-20-13/h3-4,7-9,12H,2,5-6,10H2,1H3. The van der Waals surface area contributed by atoms with Gasteiger partial charge in [-0.25, -0.2) is 0 Å². The predicted octanol–water partition coefficient (Wildman–Crippen LogP) is 3.67. The maximum atomic E-state index is 12.8. The lowest BCUT2D eigenvalue weighted by Gasteiger charge is -2.22. The Hall–Kier alpha value is -1.49. The summed E-state index contributed by atoms with van der Waals surface area (Å²) in [5, 5.41) is 0. The molecule has 2 heterocycles. The number of aryl methyl sites for hydroxylation is 1. The van der Waals surface area contributed by atoms with Crippen LogP contribution in [0.5, 0.6) is 0 Å². The number of nitrogens with zero attached hydrogens (tertiary/aromatic N) is 2. The zero-order valence-electron chi connectivity index (χ0n) is 11.4. The van der Waals surface area contributed by atoms with E-state index in [2.05, 4.69) is 15.9 Å². The van der Waals surface area contributed by atoms with E-state index in [0.717, 1.165) is 35.3 Å². The van der Waals surface area contributed by atoms with Crippen molar-refractivity contribution in [2.45, 2.75) is 38.9 Å². The minimum Gasteiger partial charge on any atom is -0.467 e. The highest BCUT2D eigenvalue weighted by atomic mass is 79.9. The summed E-state index contributed by atoms with van der Waals surface area (Å²) in [4.78, 5) is 14.7. The Balaban J connectivity index is 1.85. The summed E-state index contributed by atoms with van der Waals surface area (Å²) >= 11 is 3.44. The van der Waals surface area contributed by atoms with Crippen LogP contribution in [0.25, 0.3) is 0 Å². The molecule has 0 spiro atoms. The Labute approximate surface area is 126 Å².